The quantitative estimate of drug-likeness (QED) is 0.830. The highest BCUT2D eigenvalue weighted by atomic mass is 16.3. The van der Waals surface area contributed by atoms with Gasteiger partial charge in [-0.1, -0.05) is 0 Å². The third-order valence-corrected chi connectivity index (χ3v) is 4.44. The van der Waals surface area contributed by atoms with E-state index in [1.165, 1.54) is 4.68 Å². The number of anilines is 1. The average Bonchev–Trinajstić information content (AvgIpc) is 2.86. The fourth-order valence-corrected chi connectivity index (χ4v) is 3.10. The molecule has 0 aromatic carbocycles. The lowest BCUT2D eigenvalue weighted by atomic mass is 10.2. The summed E-state index contributed by atoms with van der Waals surface area (Å²) in [6.07, 6.45) is 3.88. The van der Waals surface area contributed by atoms with E-state index in [9.17, 15) is 9.90 Å². The molecule has 0 spiro atoms. The fourth-order valence-electron chi connectivity index (χ4n) is 3.10. The molecule has 0 bridgehead atoms. The van der Waals surface area contributed by atoms with Gasteiger partial charge in [-0.25, -0.2) is 4.68 Å². The van der Waals surface area contributed by atoms with Gasteiger partial charge in [-0.15, -0.1) is 0 Å². The first-order valence-electron chi connectivity index (χ1n) is 7.35. The average molecular weight is 278 g/mol. The summed E-state index contributed by atoms with van der Waals surface area (Å²) in [5.74, 6) is 0. The van der Waals surface area contributed by atoms with Crippen molar-refractivity contribution >= 4 is 5.69 Å². The Morgan fingerprint density at radius 3 is 2.60 bits per heavy atom. The molecule has 20 heavy (non-hydrogen) atoms. The molecule has 1 saturated carbocycles. The van der Waals surface area contributed by atoms with Crippen LogP contribution < -0.4 is 10.5 Å². The third kappa shape index (κ3) is 2.58. The predicted octanol–water partition coefficient (Wildman–Crippen LogP) is 0.0810. The maximum absolute atomic E-state index is 12.2. The summed E-state index contributed by atoms with van der Waals surface area (Å²) in [6, 6.07) is 1.51. The van der Waals surface area contributed by atoms with Gasteiger partial charge in [0.2, 0.25) is 0 Å². The van der Waals surface area contributed by atoms with Gasteiger partial charge in [-0.2, -0.15) is 5.10 Å². The molecule has 2 heterocycles. The normalized spacial score (nSPS) is 28.0. The van der Waals surface area contributed by atoms with E-state index in [2.05, 4.69) is 21.9 Å². The van der Waals surface area contributed by atoms with Crippen molar-refractivity contribution < 1.29 is 5.11 Å². The molecule has 3 rings (SSSR count). The molecule has 0 unspecified atom stereocenters. The molecule has 2 aliphatic rings. The van der Waals surface area contributed by atoms with E-state index in [1.807, 2.05) is 0 Å². The highest BCUT2D eigenvalue weighted by molar-refractivity contribution is 5.43. The van der Waals surface area contributed by atoms with Crippen LogP contribution in [-0.2, 0) is 0 Å². The number of aliphatic hydroxyl groups excluding tert-OH is 1. The zero-order valence-corrected chi connectivity index (χ0v) is 11.9. The minimum absolute atomic E-state index is 0.104. The maximum Gasteiger partial charge on any atom is 0.269 e. The maximum atomic E-state index is 12.2. The van der Waals surface area contributed by atoms with Gasteiger partial charge in [-0.3, -0.25) is 4.79 Å². The van der Waals surface area contributed by atoms with E-state index in [4.69, 9.17) is 0 Å². The predicted molar refractivity (Wildman–Crippen MR) is 77.1 cm³/mol. The Kier molecular flexibility index (Phi) is 3.76. The molecule has 110 valence electrons. The van der Waals surface area contributed by atoms with Crippen LogP contribution in [0.1, 0.15) is 25.3 Å². The van der Waals surface area contributed by atoms with Crippen LogP contribution in [-0.4, -0.2) is 59.1 Å². The zero-order chi connectivity index (χ0) is 14.1. The number of likely N-dealkylation sites (N-methyl/N-ethyl adjacent to an activating group) is 1. The number of rotatable bonds is 2. The van der Waals surface area contributed by atoms with Crippen LogP contribution in [0, 0.1) is 0 Å². The van der Waals surface area contributed by atoms with Crippen molar-refractivity contribution in [3.8, 4) is 0 Å². The van der Waals surface area contributed by atoms with Crippen molar-refractivity contribution in [3.63, 3.8) is 0 Å². The van der Waals surface area contributed by atoms with Crippen molar-refractivity contribution in [2.45, 2.75) is 31.4 Å². The molecular formula is C14H22N4O2. The molecule has 1 aromatic rings. The largest absolute Gasteiger partial charge is 0.391 e. The number of piperazine rings is 1. The lowest BCUT2D eigenvalue weighted by Gasteiger charge is -2.33. The zero-order valence-electron chi connectivity index (χ0n) is 11.9. The number of hydrogen-bond acceptors (Lipinski definition) is 5. The molecule has 1 N–H and O–H groups in total. The molecule has 6 nitrogen and oxygen atoms in total. The lowest BCUT2D eigenvalue weighted by molar-refractivity contribution is 0.127. The van der Waals surface area contributed by atoms with Crippen molar-refractivity contribution in [2.75, 3.05) is 38.1 Å². The molecule has 0 amide bonds. The second kappa shape index (κ2) is 5.54. The van der Waals surface area contributed by atoms with Crippen molar-refractivity contribution in [1.82, 2.24) is 14.7 Å². The van der Waals surface area contributed by atoms with Gasteiger partial charge in [0, 0.05) is 32.2 Å². The second-order valence-corrected chi connectivity index (χ2v) is 5.85. The van der Waals surface area contributed by atoms with E-state index in [0.29, 0.717) is 0 Å². The first-order valence-corrected chi connectivity index (χ1v) is 7.35. The molecule has 1 aromatic heterocycles. The Hall–Kier alpha value is -1.40. The molecule has 1 saturated heterocycles. The third-order valence-electron chi connectivity index (χ3n) is 4.44. The van der Waals surface area contributed by atoms with E-state index in [0.717, 1.165) is 51.1 Å². The van der Waals surface area contributed by atoms with E-state index in [-0.39, 0.29) is 11.6 Å². The standard InChI is InChI=1S/C14H22N4O2/c1-16-5-7-17(8-6-16)11-9-14(20)18(15-10-11)12-3-2-4-13(12)19/h9-10,12-13,19H,2-8H2,1H3/t12-,13-/m0/s1. The topological polar surface area (TPSA) is 61.6 Å². The van der Waals surface area contributed by atoms with Gasteiger partial charge < -0.3 is 14.9 Å². The van der Waals surface area contributed by atoms with Crippen molar-refractivity contribution in [3.05, 3.63) is 22.6 Å². The van der Waals surface area contributed by atoms with Gasteiger partial charge in [-0.05, 0) is 26.3 Å². The summed E-state index contributed by atoms with van der Waals surface area (Å²) in [5, 5.41) is 14.2. The number of aromatic nitrogens is 2. The monoisotopic (exact) mass is 278 g/mol. The van der Waals surface area contributed by atoms with Crippen LogP contribution in [0.5, 0.6) is 0 Å². The molecule has 6 heteroatoms. The molecule has 2 fully saturated rings. The van der Waals surface area contributed by atoms with Crippen LogP contribution >= 0.6 is 0 Å². The van der Waals surface area contributed by atoms with Gasteiger partial charge in [0.25, 0.3) is 5.56 Å². The Balaban J connectivity index is 1.79. The summed E-state index contributed by atoms with van der Waals surface area (Å²) in [7, 11) is 2.11. The van der Waals surface area contributed by atoms with Crippen LogP contribution in [0.25, 0.3) is 0 Å². The summed E-state index contributed by atoms with van der Waals surface area (Å²) in [5.41, 5.74) is 0.791. The van der Waals surface area contributed by atoms with Crippen LogP contribution in [0.15, 0.2) is 17.1 Å². The Morgan fingerprint density at radius 2 is 2.00 bits per heavy atom. The van der Waals surface area contributed by atoms with Crippen molar-refractivity contribution in [2.24, 2.45) is 0 Å². The van der Waals surface area contributed by atoms with Gasteiger partial charge in [0.15, 0.2) is 0 Å². The highest BCUT2D eigenvalue weighted by Crippen LogP contribution is 2.28. The Morgan fingerprint density at radius 1 is 1.25 bits per heavy atom. The van der Waals surface area contributed by atoms with E-state index >= 15 is 0 Å². The van der Waals surface area contributed by atoms with E-state index in [1.54, 1.807) is 12.3 Å². The van der Waals surface area contributed by atoms with Crippen LogP contribution in [0.3, 0.4) is 0 Å². The SMILES string of the molecule is CN1CCN(c2cnn([C@H]3CCC[C@@H]3O)c(=O)c2)CC1. The molecular weight excluding hydrogens is 256 g/mol. The van der Waals surface area contributed by atoms with Crippen LogP contribution in [0.4, 0.5) is 5.69 Å². The second-order valence-electron chi connectivity index (χ2n) is 5.85. The molecule has 0 radical (unpaired) electrons. The molecule has 2 atom stereocenters. The van der Waals surface area contributed by atoms with Gasteiger partial charge >= 0.3 is 0 Å². The smallest absolute Gasteiger partial charge is 0.269 e. The lowest BCUT2D eigenvalue weighted by Crippen LogP contribution is -2.45. The Labute approximate surface area is 118 Å². The summed E-state index contributed by atoms with van der Waals surface area (Å²) < 4.78 is 1.46. The van der Waals surface area contributed by atoms with Crippen molar-refractivity contribution in [1.29, 1.82) is 0 Å². The fraction of sp³-hybridized carbons (Fsp3) is 0.714. The van der Waals surface area contributed by atoms with E-state index < -0.39 is 6.10 Å². The number of aliphatic hydroxyl groups is 1. The van der Waals surface area contributed by atoms with Gasteiger partial charge in [0.1, 0.15) is 0 Å². The summed E-state index contributed by atoms with van der Waals surface area (Å²) >= 11 is 0. The minimum Gasteiger partial charge on any atom is -0.391 e. The highest BCUT2D eigenvalue weighted by Gasteiger charge is 2.28. The molecule has 1 aliphatic carbocycles. The number of hydrogen-bond donors (Lipinski definition) is 1. The first kappa shape index (κ1) is 13.6. The van der Waals surface area contributed by atoms with Gasteiger partial charge in [0.05, 0.1) is 24.0 Å². The Bertz CT molecular complexity index is 522. The van der Waals surface area contributed by atoms with Crippen LogP contribution in [0.2, 0.25) is 0 Å². The summed E-state index contributed by atoms with van der Waals surface area (Å²) in [6.45, 7) is 3.86. The summed E-state index contributed by atoms with van der Waals surface area (Å²) in [4.78, 5) is 16.7. The first-order chi connectivity index (χ1) is 9.65. The minimum atomic E-state index is -0.435. The molecule has 1 aliphatic heterocycles. The number of nitrogens with zero attached hydrogens (tertiary/aromatic N) is 4.